The van der Waals surface area contributed by atoms with E-state index in [0.29, 0.717) is 13.0 Å². The molecule has 16 heavy (non-hydrogen) atoms. The van der Waals surface area contributed by atoms with Gasteiger partial charge in [0.2, 0.25) is 5.91 Å². The van der Waals surface area contributed by atoms with Crippen molar-refractivity contribution in [3.05, 3.63) is 30.1 Å². The van der Waals surface area contributed by atoms with Gasteiger partial charge in [0.25, 0.3) is 0 Å². The van der Waals surface area contributed by atoms with Crippen LogP contribution in [-0.4, -0.2) is 28.2 Å². The Morgan fingerprint density at radius 1 is 1.38 bits per heavy atom. The molecule has 1 aromatic rings. The van der Waals surface area contributed by atoms with E-state index in [1.54, 1.807) is 17.3 Å². The second-order valence-electron chi connectivity index (χ2n) is 3.75. The first-order valence-electron chi connectivity index (χ1n) is 5.43. The van der Waals surface area contributed by atoms with Crippen molar-refractivity contribution in [3.8, 4) is 0 Å². The topological polar surface area (TPSA) is 33.2 Å². The number of carbonyl (C=O) groups is 1. The highest BCUT2D eigenvalue weighted by atomic mass is 79.9. The number of carbonyl (C=O) groups excluding carboxylic acids is 1. The normalized spacial score (nSPS) is 10.1. The molecule has 0 spiro atoms. The fourth-order valence-corrected chi connectivity index (χ4v) is 1.81. The third-order valence-corrected chi connectivity index (χ3v) is 2.93. The molecule has 0 aliphatic carbocycles. The van der Waals surface area contributed by atoms with Crippen LogP contribution in [0.15, 0.2) is 24.5 Å². The summed E-state index contributed by atoms with van der Waals surface area (Å²) < 4.78 is 0. The molecule has 1 heterocycles. The molecule has 4 heteroatoms. The molecule has 88 valence electrons. The highest BCUT2D eigenvalue weighted by Gasteiger charge is 2.08. The lowest BCUT2D eigenvalue weighted by Crippen LogP contribution is -2.25. The summed E-state index contributed by atoms with van der Waals surface area (Å²) in [6.45, 7) is 0.662. The van der Waals surface area contributed by atoms with E-state index in [1.165, 1.54) is 0 Å². The maximum Gasteiger partial charge on any atom is 0.222 e. The highest BCUT2D eigenvalue weighted by molar-refractivity contribution is 9.09. The van der Waals surface area contributed by atoms with Crippen LogP contribution in [0.4, 0.5) is 0 Å². The summed E-state index contributed by atoms with van der Waals surface area (Å²) >= 11 is 3.36. The summed E-state index contributed by atoms with van der Waals surface area (Å²) in [5.41, 5.74) is 1.12. The van der Waals surface area contributed by atoms with Crippen molar-refractivity contribution in [2.45, 2.75) is 25.8 Å². The fourth-order valence-electron chi connectivity index (χ4n) is 1.41. The van der Waals surface area contributed by atoms with Gasteiger partial charge in [0, 0.05) is 37.7 Å². The predicted molar refractivity (Wildman–Crippen MR) is 68.4 cm³/mol. The molecule has 0 saturated heterocycles. The second kappa shape index (κ2) is 7.39. The van der Waals surface area contributed by atoms with Crippen LogP contribution < -0.4 is 0 Å². The molecular weight excluding hydrogens is 268 g/mol. The van der Waals surface area contributed by atoms with Gasteiger partial charge in [0.1, 0.15) is 0 Å². The van der Waals surface area contributed by atoms with Crippen molar-refractivity contribution in [1.29, 1.82) is 0 Å². The molecule has 0 aromatic carbocycles. The molecule has 0 unspecified atom stereocenters. The minimum absolute atomic E-state index is 0.206. The SMILES string of the molecule is CN(Cc1ccncc1)C(=O)CCCCBr. The van der Waals surface area contributed by atoms with E-state index in [-0.39, 0.29) is 5.91 Å². The van der Waals surface area contributed by atoms with E-state index in [4.69, 9.17) is 0 Å². The van der Waals surface area contributed by atoms with Gasteiger partial charge in [-0.2, -0.15) is 0 Å². The molecule has 0 bridgehead atoms. The number of amides is 1. The second-order valence-corrected chi connectivity index (χ2v) is 4.54. The molecule has 0 aliphatic heterocycles. The Hall–Kier alpha value is -0.900. The Morgan fingerprint density at radius 2 is 2.06 bits per heavy atom. The van der Waals surface area contributed by atoms with Crippen molar-refractivity contribution in [1.82, 2.24) is 9.88 Å². The van der Waals surface area contributed by atoms with Crippen molar-refractivity contribution >= 4 is 21.8 Å². The smallest absolute Gasteiger partial charge is 0.222 e. The first-order valence-corrected chi connectivity index (χ1v) is 6.55. The Bertz CT molecular complexity index is 316. The number of halogens is 1. The lowest BCUT2D eigenvalue weighted by molar-refractivity contribution is -0.130. The van der Waals surface area contributed by atoms with Crippen molar-refractivity contribution in [2.75, 3.05) is 12.4 Å². The van der Waals surface area contributed by atoms with Gasteiger partial charge in [-0.1, -0.05) is 15.9 Å². The average Bonchev–Trinajstić information content (AvgIpc) is 2.30. The van der Waals surface area contributed by atoms with E-state index >= 15 is 0 Å². The number of nitrogens with zero attached hydrogens (tertiary/aromatic N) is 2. The molecule has 3 nitrogen and oxygen atoms in total. The van der Waals surface area contributed by atoms with Crippen LogP contribution in [0.5, 0.6) is 0 Å². The molecule has 1 aromatic heterocycles. The van der Waals surface area contributed by atoms with E-state index in [1.807, 2.05) is 19.2 Å². The largest absolute Gasteiger partial charge is 0.341 e. The van der Waals surface area contributed by atoms with Crippen LogP contribution in [0.1, 0.15) is 24.8 Å². The number of pyridine rings is 1. The van der Waals surface area contributed by atoms with Crippen molar-refractivity contribution in [2.24, 2.45) is 0 Å². The standard InChI is InChI=1S/C12H17BrN2O/c1-15(12(16)4-2-3-7-13)10-11-5-8-14-9-6-11/h5-6,8-9H,2-4,7,10H2,1H3. The number of aromatic nitrogens is 1. The fraction of sp³-hybridized carbons (Fsp3) is 0.500. The zero-order chi connectivity index (χ0) is 11.8. The van der Waals surface area contributed by atoms with Crippen LogP contribution in [-0.2, 0) is 11.3 Å². The van der Waals surface area contributed by atoms with Gasteiger partial charge >= 0.3 is 0 Å². The molecule has 1 rings (SSSR count). The third-order valence-electron chi connectivity index (χ3n) is 2.37. The molecule has 0 N–H and O–H groups in total. The predicted octanol–water partition coefficient (Wildman–Crippen LogP) is 2.61. The molecular formula is C12H17BrN2O. The van der Waals surface area contributed by atoms with Gasteiger partial charge in [-0.15, -0.1) is 0 Å². The van der Waals surface area contributed by atoms with E-state index in [2.05, 4.69) is 20.9 Å². The molecule has 0 aliphatic rings. The first-order chi connectivity index (χ1) is 7.74. The maximum absolute atomic E-state index is 11.7. The summed E-state index contributed by atoms with van der Waals surface area (Å²) in [6, 6.07) is 3.87. The highest BCUT2D eigenvalue weighted by Crippen LogP contribution is 2.05. The minimum Gasteiger partial charge on any atom is -0.341 e. The Morgan fingerprint density at radius 3 is 2.69 bits per heavy atom. The van der Waals surface area contributed by atoms with E-state index < -0.39 is 0 Å². The zero-order valence-electron chi connectivity index (χ0n) is 9.53. The van der Waals surface area contributed by atoms with E-state index in [9.17, 15) is 4.79 Å². The Balaban J connectivity index is 2.34. The van der Waals surface area contributed by atoms with Gasteiger partial charge in [-0.25, -0.2) is 0 Å². The lowest BCUT2D eigenvalue weighted by Gasteiger charge is -2.16. The molecule has 1 amide bonds. The number of rotatable bonds is 6. The van der Waals surface area contributed by atoms with Gasteiger partial charge in [-0.3, -0.25) is 9.78 Å². The quantitative estimate of drug-likeness (QED) is 0.594. The lowest BCUT2D eigenvalue weighted by atomic mass is 10.2. The van der Waals surface area contributed by atoms with Crippen molar-refractivity contribution < 1.29 is 4.79 Å². The summed E-state index contributed by atoms with van der Waals surface area (Å²) in [5.74, 6) is 0.206. The number of unbranched alkanes of at least 4 members (excludes halogenated alkanes) is 1. The summed E-state index contributed by atoms with van der Waals surface area (Å²) in [5, 5.41) is 0.967. The van der Waals surface area contributed by atoms with Gasteiger partial charge in [0.05, 0.1) is 0 Å². The summed E-state index contributed by atoms with van der Waals surface area (Å²) in [4.78, 5) is 17.4. The number of hydrogen-bond acceptors (Lipinski definition) is 2. The summed E-state index contributed by atoms with van der Waals surface area (Å²) in [6.07, 6.45) is 6.13. The minimum atomic E-state index is 0.206. The first kappa shape index (κ1) is 13.2. The molecule has 0 saturated carbocycles. The van der Waals surface area contributed by atoms with E-state index in [0.717, 1.165) is 23.7 Å². The van der Waals surface area contributed by atoms with Gasteiger partial charge in [0.15, 0.2) is 0 Å². The van der Waals surface area contributed by atoms with Crippen molar-refractivity contribution in [3.63, 3.8) is 0 Å². The average molecular weight is 285 g/mol. The van der Waals surface area contributed by atoms with Crippen LogP contribution in [0, 0.1) is 0 Å². The van der Waals surface area contributed by atoms with Gasteiger partial charge in [-0.05, 0) is 30.5 Å². The number of hydrogen-bond donors (Lipinski definition) is 0. The summed E-state index contributed by atoms with van der Waals surface area (Å²) in [7, 11) is 1.84. The number of alkyl halides is 1. The molecule has 0 fully saturated rings. The monoisotopic (exact) mass is 284 g/mol. The third kappa shape index (κ3) is 4.75. The maximum atomic E-state index is 11.7. The van der Waals surface area contributed by atoms with Crippen LogP contribution >= 0.6 is 15.9 Å². The van der Waals surface area contributed by atoms with Crippen LogP contribution in [0.2, 0.25) is 0 Å². The van der Waals surface area contributed by atoms with Crippen LogP contribution in [0.25, 0.3) is 0 Å². The van der Waals surface area contributed by atoms with Gasteiger partial charge < -0.3 is 4.90 Å². The molecule has 0 atom stereocenters. The van der Waals surface area contributed by atoms with Crippen LogP contribution in [0.3, 0.4) is 0 Å². The Labute approximate surface area is 105 Å². The molecule has 0 radical (unpaired) electrons. The zero-order valence-corrected chi connectivity index (χ0v) is 11.1. The Kier molecular flexibility index (Phi) is 6.08.